The first-order chi connectivity index (χ1) is 15.2. The molecule has 7 heteroatoms. The molecule has 32 heavy (non-hydrogen) atoms. The summed E-state index contributed by atoms with van der Waals surface area (Å²) in [4.78, 5) is 20.6. The second kappa shape index (κ2) is 11.2. The summed E-state index contributed by atoms with van der Waals surface area (Å²) < 4.78 is 11.1. The van der Waals surface area contributed by atoms with Gasteiger partial charge in [-0.05, 0) is 74.4 Å². The number of anilines is 1. The van der Waals surface area contributed by atoms with Crippen LogP contribution in [0.25, 0.3) is 11.1 Å². The van der Waals surface area contributed by atoms with Crippen LogP contribution < -0.4 is 15.8 Å². The van der Waals surface area contributed by atoms with Crippen LogP contribution >= 0.6 is 0 Å². The predicted octanol–water partition coefficient (Wildman–Crippen LogP) is 5.47. The maximum absolute atomic E-state index is 12.1. The lowest BCUT2D eigenvalue weighted by Gasteiger charge is -2.20. The number of ether oxygens (including phenoxy) is 2. The zero-order chi connectivity index (χ0) is 23.6. The number of carbonyl (C=O) groups excluding carboxylic acids is 2. The maximum Gasteiger partial charge on any atom is 0.412 e. The summed E-state index contributed by atoms with van der Waals surface area (Å²) in [6, 6.07) is 24.4. The fraction of sp³-hybridized carbons (Fsp3) is 0.160. The van der Waals surface area contributed by atoms with Crippen molar-refractivity contribution in [2.45, 2.75) is 26.4 Å². The van der Waals surface area contributed by atoms with E-state index < -0.39 is 11.7 Å². The van der Waals surface area contributed by atoms with Crippen molar-refractivity contribution in [3.05, 3.63) is 78.4 Å². The fourth-order valence-corrected chi connectivity index (χ4v) is 2.69. The molecule has 3 rings (SSSR count). The summed E-state index contributed by atoms with van der Waals surface area (Å²) in [7, 11) is 0. The van der Waals surface area contributed by atoms with Crippen LogP contribution in [-0.2, 0) is 9.53 Å². The highest BCUT2D eigenvalue weighted by Gasteiger charge is 2.16. The van der Waals surface area contributed by atoms with Gasteiger partial charge >= 0.3 is 6.09 Å². The largest absolute Gasteiger partial charge is 0.457 e. The molecule has 0 radical (unpaired) electrons. The van der Waals surface area contributed by atoms with E-state index in [-0.39, 0.29) is 6.41 Å². The highest BCUT2D eigenvalue weighted by atomic mass is 16.6. The lowest BCUT2D eigenvalue weighted by molar-refractivity contribution is -0.106. The van der Waals surface area contributed by atoms with Crippen LogP contribution in [0.5, 0.6) is 11.5 Å². The molecule has 0 unspecified atom stereocenters. The molecule has 0 aromatic heterocycles. The third kappa shape index (κ3) is 7.84. The number of nitrogens with two attached hydrogens (primary N) is 1. The number of nitrogens with one attached hydrogen (secondary N) is 1. The van der Waals surface area contributed by atoms with Gasteiger partial charge in [-0.2, -0.15) is 5.26 Å². The van der Waals surface area contributed by atoms with E-state index in [4.69, 9.17) is 14.3 Å². The number of benzene rings is 3. The fourth-order valence-electron chi connectivity index (χ4n) is 2.69. The molecule has 3 aromatic rings. The van der Waals surface area contributed by atoms with E-state index in [1.807, 2.05) is 54.6 Å². The standard InChI is InChI=1S/C24H22N2O3.CH3NO/c1-24(2,3)29-23(27)26-20-14-17(16-25)13-19(15-20)18-9-11-22(12-10-18)28-21-7-5-4-6-8-21;2-1-3/h4-15H,1-3H3,(H,26,27);1H,(H2,2,3). The summed E-state index contributed by atoms with van der Waals surface area (Å²) in [6.45, 7) is 5.38. The quantitative estimate of drug-likeness (QED) is 0.532. The van der Waals surface area contributed by atoms with E-state index in [1.54, 1.807) is 39.0 Å². The molecule has 0 aliphatic rings. The molecule has 0 bridgehead atoms. The molecule has 3 aromatic carbocycles. The van der Waals surface area contributed by atoms with Gasteiger partial charge < -0.3 is 15.2 Å². The van der Waals surface area contributed by atoms with Gasteiger partial charge in [0.2, 0.25) is 6.41 Å². The van der Waals surface area contributed by atoms with E-state index >= 15 is 0 Å². The number of primary amides is 1. The molecule has 164 valence electrons. The Morgan fingerprint density at radius 3 is 2.12 bits per heavy atom. The van der Waals surface area contributed by atoms with Crippen molar-refractivity contribution >= 4 is 18.2 Å². The molecule has 0 atom stereocenters. The predicted molar refractivity (Wildman–Crippen MR) is 123 cm³/mol. The minimum absolute atomic E-state index is 0.250. The number of hydrogen-bond acceptors (Lipinski definition) is 5. The van der Waals surface area contributed by atoms with E-state index in [0.717, 1.165) is 16.9 Å². The van der Waals surface area contributed by atoms with Crippen molar-refractivity contribution in [2.24, 2.45) is 5.73 Å². The number of nitrogens with zero attached hydrogens (tertiary/aromatic N) is 1. The number of nitriles is 1. The van der Waals surface area contributed by atoms with Crippen molar-refractivity contribution in [3.8, 4) is 28.7 Å². The molecule has 7 nitrogen and oxygen atoms in total. The topological polar surface area (TPSA) is 114 Å². The van der Waals surface area contributed by atoms with Crippen molar-refractivity contribution in [1.82, 2.24) is 0 Å². The Bertz CT molecular complexity index is 1080. The van der Waals surface area contributed by atoms with Crippen molar-refractivity contribution < 1.29 is 19.1 Å². The van der Waals surface area contributed by atoms with Gasteiger partial charge in [0.25, 0.3) is 0 Å². The number of para-hydroxylation sites is 1. The summed E-state index contributed by atoms with van der Waals surface area (Å²) in [5, 5.41) is 12.0. The number of hydrogen-bond donors (Lipinski definition) is 2. The van der Waals surface area contributed by atoms with Gasteiger partial charge in [-0.1, -0.05) is 30.3 Å². The molecule has 0 heterocycles. The van der Waals surface area contributed by atoms with E-state index in [0.29, 0.717) is 17.0 Å². The van der Waals surface area contributed by atoms with Gasteiger partial charge in [0.15, 0.2) is 0 Å². The first-order valence-corrected chi connectivity index (χ1v) is 9.78. The van der Waals surface area contributed by atoms with Crippen LogP contribution in [-0.4, -0.2) is 18.1 Å². The second-order valence-electron chi connectivity index (χ2n) is 7.61. The molecule has 2 amide bonds. The van der Waals surface area contributed by atoms with Gasteiger partial charge in [-0.15, -0.1) is 0 Å². The molecule has 0 spiro atoms. The lowest BCUT2D eigenvalue weighted by atomic mass is 10.0. The maximum atomic E-state index is 12.1. The SMILES string of the molecule is CC(C)(C)OC(=O)Nc1cc(C#N)cc(-c2ccc(Oc3ccccc3)cc2)c1.NC=O. The van der Waals surface area contributed by atoms with Gasteiger partial charge in [0, 0.05) is 5.69 Å². The third-order valence-electron chi connectivity index (χ3n) is 3.87. The summed E-state index contributed by atoms with van der Waals surface area (Å²) >= 11 is 0. The van der Waals surface area contributed by atoms with Crippen LogP contribution in [0, 0.1) is 11.3 Å². The van der Waals surface area contributed by atoms with Gasteiger partial charge in [0.1, 0.15) is 17.1 Å². The van der Waals surface area contributed by atoms with E-state index in [2.05, 4.69) is 17.1 Å². The van der Waals surface area contributed by atoms with Crippen molar-refractivity contribution in [3.63, 3.8) is 0 Å². The van der Waals surface area contributed by atoms with Gasteiger partial charge in [-0.3, -0.25) is 10.1 Å². The Hall–Kier alpha value is -4.31. The monoisotopic (exact) mass is 431 g/mol. The second-order valence-corrected chi connectivity index (χ2v) is 7.61. The number of rotatable bonds is 4. The molecule has 0 fully saturated rings. The molecule has 0 saturated carbocycles. The molecule has 0 aliphatic heterocycles. The third-order valence-corrected chi connectivity index (χ3v) is 3.87. The first-order valence-electron chi connectivity index (χ1n) is 9.78. The average molecular weight is 431 g/mol. The Kier molecular flexibility index (Phi) is 8.37. The first kappa shape index (κ1) is 24.0. The Morgan fingerprint density at radius 1 is 0.969 bits per heavy atom. The van der Waals surface area contributed by atoms with Crippen LogP contribution in [0.1, 0.15) is 26.3 Å². The molecule has 3 N–H and O–H groups in total. The number of carbonyl (C=O) groups is 2. The summed E-state index contributed by atoms with van der Waals surface area (Å²) in [5.41, 5.74) is 6.21. The molecule has 0 saturated heterocycles. The van der Waals surface area contributed by atoms with Crippen LogP contribution in [0.4, 0.5) is 10.5 Å². The van der Waals surface area contributed by atoms with E-state index in [9.17, 15) is 10.1 Å². The van der Waals surface area contributed by atoms with Crippen molar-refractivity contribution in [2.75, 3.05) is 5.32 Å². The Morgan fingerprint density at radius 2 is 1.56 bits per heavy atom. The lowest BCUT2D eigenvalue weighted by Crippen LogP contribution is -2.27. The minimum atomic E-state index is -0.603. The van der Waals surface area contributed by atoms with Crippen LogP contribution in [0.3, 0.4) is 0 Å². The van der Waals surface area contributed by atoms with Crippen LogP contribution in [0.2, 0.25) is 0 Å². The normalized spacial score (nSPS) is 10.1. The molecular weight excluding hydrogens is 406 g/mol. The summed E-state index contributed by atoms with van der Waals surface area (Å²) in [5.74, 6) is 1.47. The Labute approximate surface area is 187 Å². The average Bonchev–Trinajstić information content (AvgIpc) is 2.74. The van der Waals surface area contributed by atoms with E-state index in [1.165, 1.54) is 0 Å². The molecular formula is C25H25N3O4. The minimum Gasteiger partial charge on any atom is -0.457 e. The van der Waals surface area contributed by atoms with Crippen molar-refractivity contribution in [1.29, 1.82) is 5.26 Å². The zero-order valence-electron chi connectivity index (χ0n) is 18.2. The zero-order valence-corrected chi connectivity index (χ0v) is 18.2. The van der Waals surface area contributed by atoms with Gasteiger partial charge in [0.05, 0.1) is 11.6 Å². The summed E-state index contributed by atoms with van der Waals surface area (Å²) in [6.07, 6.45) is -0.315. The number of amides is 2. The van der Waals surface area contributed by atoms with Gasteiger partial charge in [-0.25, -0.2) is 4.79 Å². The molecule has 0 aliphatic carbocycles. The Balaban J connectivity index is 0.00000114. The smallest absolute Gasteiger partial charge is 0.412 e. The highest BCUT2D eigenvalue weighted by Crippen LogP contribution is 2.28. The van der Waals surface area contributed by atoms with Crippen LogP contribution in [0.15, 0.2) is 72.8 Å². The highest BCUT2D eigenvalue weighted by molar-refractivity contribution is 5.86.